The molecule has 0 heterocycles. The minimum Gasteiger partial charge on any atom is -0.298 e. The molecule has 0 radical (unpaired) electrons. The molecule has 0 aliphatic heterocycles. The van der Waals surface area contributed by atoms with Crippen molar-refractivity contribution in [3.8, 4) is 0 Å². The monoisotopic (exact) mass is 312 g/mol. The summed E-state index contributed by atoms with van der Waals surface area (Å²) in [7, 11) is 0. The zero-order valence-corrected chi connectivity index (χ0v) is 11.0. The van der Waals surface area contributed by atoms with Crippen LogP contribution in [0.3, 0.4) is 0 Å². The van der Waals surface area contributed by atoms with E-state index in [9.17, 15) is 26.7 Å². The summed E-state index contributed by atoms with van der Waals surface area (Å²) in [5.41, 5.74) is -1.81. The number of benzene rings is 2. The van der Waals surface area contributed by atoms with Crippen molar-refractivity contribution in [3.63, 3.8) is 0 Å². The molecule has 2 aromatic carbocycles. The van der Waals surface area contributed by atoms with Gasteiger partial charge < -0.3 is 0 Å². The van der Waals surface area contributed by atoms with Gasteiger partial charge in [-0.25, -0.2) is 8.78 Å². The summed E-state index contributed by atoms with van der Waals surface area (Å²) in [5.74, 6) is -1.87. The van der Waals surface area contributed by atoms with Gasteiger partial charge in [-0.2, -0.15) is 13.2 Å². The second-order valence-electron chi connectivity index (χ2n) is 4.43. The molecule has 22 heavy (non-hydrogen) atoms. The maximum Gasteiger partial charge on any atom is 0.416 e. The third-order valence-corrected chi connectivity index (χ3v) is 2.95. The van der Waals surface area contributed by atoms with Crippen molar-refractivity contribution in [1.29, 1.82) is 0 Å². The highest BCUT2D eigenvalue weighted by Gasteiger charge is 2.32. The minimum atomic E-state index is -4.61. The molecule has 2 rings (SSSR count). The summed E-state index contributed by atoms with van der Waals surface area (Å²) in [6, 6.07) is 7.07. The van der Waals surface area contributed by atoms with Gasteiger partial charge in [0.25, 0.3) is 0 Å². The number of carbonyl (C=O) groups excluding carboxylic acids is 1. The highest BCUT2D eigenvalue weighted by atomic mass is 19.4. The van der Waals surface area contributed by atoms with E-state index in [1.54, 1.807) is 0 Å². The van der Waals surface area contributed by atoms with Gasteiger partial charge in [-0.3, -0.25) is 4.79 Å². The first-order valence-corrected chi connectivity index (χ1v) is 6.11. The Hall–Kier alpha value is -2.50. The molecule has 114 valence electrons. The largest absolute Gasteiger partial charge is 0.416 e. The number of allylic oxidation sites excluding steroid dienone is 1. The third kappa shape index (κ3) is 3.39. The van der Waals surface area contributed by atoms with Gasteiger partial charge in [-0.1, -0.05) is 18.2 Å². The fourth-order valence-corrected chi connectivity index (χ4v) is 1.95. The van der Waals surface area contributed by atoms with Crippen LogP contribution in [0, 0.1) is 11.6 Å². The number of hydrogen-bond acceptors (Lipinski definition) is 1. The van der Waals surface area contributed by atoms with Crippen molar-refractivity contribution in [1.82, 2.24) is 0 Å². The lowest BCUT2D eigenvalue weighted by molar-refractivity contribution is -0.137. The van der Waals surface area contributed by atoms with Crippen LogP contribution in [-0.2, 0) is 11.0 Å². The van der Waals surface area contributed by atoms with Crippen molar-refractivity contribution in [2.24, 2.45) is 0 Å². The highest BCUT2D eigenvalue weighted by molar-refractivity contribution is 6.13. The van der Waals surface area contributed by atoms with Gasteiger partial charge in [0.2, 0.25) is 0 Å². The van der Waals surface area contributed by atoms with E-state index in [2.05, 4.69) is 0 Å². The van der Waals surface area contributed by atoms with E-state index in [0.29, 0.717) is 6.07 Å². The molecule has 2 aromatic rings. The molecule has 0 spiro atoms. The Morgan fingerprint density at radius 3 is 2.27 bits per heavy atom. The molecule has 0 aliphatic carbocycles. The molecule has 0 aromatic heterocycles. The van der Waals surface area contributed by atoms with E-state index in [1.807, 2.05) is 0 Å². The molecule has 0 bridgehead atoms. The maximum atomic E-state index is 13.7. The van der Waals surface area contributed by atoms with Crippen LogP contribution in [0.2, 0.25) is 0 Å². The summed E-state index contributed by atoms with van der Waals surface area (Å²) < 4.78 is 65.2. The van der Waals surface area contributed by atoms with E-state index in [0.717, 1.165) is 30.3 Å². The van der Waals surface area contributed by atoms with Gasteiger partial charge in [0.1, 0.15) is 11.6 Å². The predicted molar refractivity (Wildman–Crippen MR) is 71.7 cm³/mol. The van der Waals surface area contributed by atoms with Crippen LogP contribution in [0.25, 0.3) is 11.6 Å². The Morgan fingerprint density at radius 2 is 1.68 bits per heavy atom. The van der Waals surface area contributed by atoms with E-state index in [4.69, 9.17) is 0 Å². The van der Waals surface area contributed by atoms with Crippen molar-refractivity contribution in [2.75, 3.05) is 0 Å². The van der Waals surface area contributed by atoms with Crippen LogP contribution < -0.4 is 0 Å². The Kier molecular flexibility index (Phi) is 4.40. The SMILES string of the molecule is O=C/C(=C\c1ccccc1C(F)(F)F)c1ccc(F)cc1F. The number of hydrogen-bond donors (Lipinski definition) is 0. The van der Waals surface area contributed by atoms with Crippen LogP contribution in [-0.4, -0.2) is 6.29 Å². The summed E-state index contributed by atoms with van der Waals surface area (Å²) >= 11 is 0. The lowest BCUT2D eigenvalue weighted by atomic mass is 10.00. The van der Waals surface area contributed by atoms with E-state index < -0.39 is 23.4 Å². The van der Waals surface area contributed by atoms with Crippen molar-refractivity contribution >= 4 is 17.9 Å². The Morgan fingerprint density at radius 1 is 1.00 bits per heavy atom. The zero-order chi connectivity index (χ0) is 16.3. The van der Waals surface area contributed by atoms with Gasteiger partial charge in [0.05, 0.1) is 5.56 Å². The van der Waals surface area contributed by atoms with Crippen LogP contribution >= 0.6 is 0 Å². The third-order valence-electron chi connectivity index (χ3n) is 2.95. The molecule has 0 amide bonds. The number of carbonyl (C=O) groups is 1. The van der Waals surface area contributed by atoms with E-state index in [-0.39, 0.29) is 23.0 Å². The fourth-order valence-electron chi connectivity index (χ4n) is 1.95. The van der Waals surface area contributed by atoms with Gasteiger partial charge >= 0.3 is 6.18 Å². The summed E-state index contributed by atoms with van der Waals surface area (Å²) in [6.45, 7) is 0. The van der Waals surface area contributed by atoms with Crippen molar-refractivity contribution in [2.45, 2.75) is 6.18 Å². The number of aldehydes is 1. The average molecular weight is 312 g/mol. The number of halogens is 5. The Balaban J connectivity index is 2.57. The second kappa shape index (κ2) is 6.09. The molecule has 1 nitrogen and oxygen atoms in total. The summed E-state index contributed by atoms with van der Waals surface area (Å²) in [6.07, 6.45) is -3.46. The normalized spacial score (nSPS) is 12.3. The molecule has 0 fully saturated rings. The van der Waals surface area contributed by atoms with Gasteiger partial charge in [0, 0.05) is 17.2 Å². The van der Waals surface area contributed by atoms with Crippen LogP contribution in [0.15, 0.2) is 42.5 Å². The highest BCUT2D eigenvalue weighted by Crippen LogP contribution is 2.33. The molecule has 6 heteroatoms. The second-order valence-corrected chi connectivity index (χ2v) is 4.43. The van der Waals surface area contributed by atoms with Gasteiger partial charge in [-0.15, -0.1) is 0 Å². The first-order valence-electron chi connectivity index (χ1n) is 6.11. The number of alkyl halides is 3. The summed E-state index contributed by atoms with van der Waals surface area (Å²) in [4.78, 5) is 11.1. The van der Waals surface area contributed by atoms with E-state index >= 15 is 0 Å². The zero-order valence-electron chi connectivity index (χ0n) is 11.0. The smallest absolute Gasteiger partial charge is 0.298 e. The average Bonchev–Trinajstić information content (AvgIpc) is 2.45. The molecule has 0 saturated heterocycles. The topological polar surface area (TPSA) is 17.1 Å². The lowest BCUT2D eigenvalue weighted by Crippen LogP contribution is -2.07. The lowest BCUT2D eigenvalue weighted by Gasteiger charge is -2.11. The molecular formula is C16H9F5O. The van der Waals surface area contributed by atoms with Gasteiger partial charge in [-0.05, 0) is 29.8 Å². The standard InChI is InChI=1S/C16H9F5O/c17-12-5-6-13(15(18)8-12)11(9-22)7-10-3-1-2-4-14(10)16(19,20)21/h1-9H/b11-7+. The predicted octanol–water partition coefficient (Wildman–Crippen LogP) is 4.72. The van der Waals surface area contributed by atoms with Crippen molar-refractivity contribution < 1.29 is 26.7 Å². The quantitative estimate of drug-likeness (QED) is 0.347. The Bertz CT molecular complexity index is 732. The first-order chi connectivity index (χ1) is 10.3. The van der Waals surface area contributed by atoms with E-state index in [1.165, 1.54) is 12.1 Å². The first kappa shape index (κ1) is 15.9. The molecular weight excluding hydrogens is 303 g/mol. The van der Waals surface area contributed by atoms with Crippen molar-refractivity contribution in [3.05, 3.63) is 70.8 Å². The molecule has 0 N–H and O–H groups in total. The fraction of sp³-hybridized carbons (Fsp3) is 0.0625. The van der Waals surface area contributed by atoms with Crippen LogP contribution in [0.5, 0.6) is 0 Å². The Labute approximate surface area is 122 Å². The maximum absolute atomic E-state index is 13.7. The molecule has 0 unspecified atom stereocenters. The minimum absolute atomic E-state index is 0.226. The number of rotatable bonds is 3. The molecule has 0 saturated carbocycles. The molecule has 0 aliphatic rings. The molecule has 0 atom stereocenters. The van der Waals surface area contributed by atoms with Crippen LogP contribution in [0.1, 0.15) is 16.7 Å². The van der Waals surface area contributed by atoms with Gasteiger partial charge in [0.15, 0.2) is 6.29 Å². The summed E-state index contributed by atoms with van der Waals surface area (Å²) in [5, 5.41) is 0. The van der Waals surface area contributed by atoms with Crippen LogP contribution in [0.4, 0.5) is 22.0 Å².